The third-order valence-corrected chi connectivity index (χ3v) is 3.42. The molecule has 1 aromatic carbocycles. The minimum atomic E-state index is 0.770. The Hall–Kier alpha value is -0.890. The summed E-state index contributed by atoms with van der Waals surface area (Å²) < 4.78 is 0. The Morgan fingerprint density at radius 3 is 2.31 bits per heavy atom. The fourth-order valence-corrected chi connectivity index (χ4v) is 2.45. The molecule has 1 heterocycles. The lowest BCUT2D eigenvalue weighted by molar-refractivity contribution is 0.557. The van der Waals surface area contributed by atoms with Gasteiger partial charge in [0, 0.05) is 18.1 Å². The van der Waals surface area contributed by atoms with Gasteiger partial charge in [-0.25, -0.2) is 0 Å². The van der Waals surface area contributed by atoms with E-state index in [9.17, 15) is 0 Å². The Morgan fingerprint density at radius 1 is 1.00 bits per heavy atom. The summed E-state index contributed by atoms with van der Waals surface area (Å²) in [6, 6.07) is 5.74. The van der Waals surface area contributed by atoms with Gasteiger partial charge in [0.05, 0.1) is 11.4 Å². The fourth-order valence-electron chi connectivity index (χ4n) is 2.28. The number of hydrogen-bond acceptors (Lipinski definition) is 2. The Labute approximate surface area is 102 Å². The van der Waals surface area contributed by atoms with Crippen molar-refractivity contribution in [2.75, 3.05) is 23.7 Å². The summed E-state index contributed by atoms with van der Waals surface area (Å²) >= 11 is 6.03. The van der Waals surface area contributed by atoms with Gasteiger partial charge < -0.3 is 10.6 Å². The van der Waals surface area contributed by atoms with Gasteiger partial charge in [0.1, 0.15) is 0 Å². The Balaban J connectivity index is 2.16. The van der Waals surface area contributed by atoms with Crippen LogP contribution in [0.1, 0.15) is 32.1 Å². The zero-order chi connectivity index (χ0) is 11.4. The van der Waals surface area contributed by atoms with Crippen molar-refractivity contribution >= 4 is 23.0 Å². The number of halogens is 1. The first kappa shape index (κ1) is 11.6. The molecule has 16 heavy (non-hydrogen) atoms. The zero-order valence-corrected chi connectivity index (χ0v) is 10.3. The van der Waals surface area contributed by atoms with Crippen LogP contribution in [0.25, 0.3) is 0 Å². The molecule has 0 spiro atoms. The standard InChI is InChI=1S/C13H19ClN2/c14-11-6-7-12(15)13(10-11)16-8-4-2-1-3-5-9-16/h6-7,10H,1-5,8-9,15H2. The van der Waals surface area contributed by atoms with Crippen molar-refractivity contribution < 1.29 is 0 Å². The molecule has 2 rings (SSSR count). The third-order valence-electron chi connectivity index (χ3n) is 3.19. The average molecular weight is 239 g/mol. The third kappa shape index (κ3) is 2.82. The fraction of sp³-hybridized carbons (Fsp3) is 0.538. The van der Waals surface area contributed by atoms with E-state index in [1.54, 1.807) is 0 Å². The van der Waals surface area contributed by atoms with E-state index >= 15 is 0 Å². The zero-order valence-electron chi connectivity index (χ0n) is 9.58. The molecule has 0 saturated carbocycles. The molecule has 0 atom stereocenters. The first-order valence-corrected chi connectivity index (χ1v) is 6.45. The molecule has 2 N–H and O–H groups in total. The smallest absolute Gasteiger partial charge is 0.0614 e. The van der Waals surface area contributed by atoms with Crippen molar-refractivity contribution in [2.45, 2.75) is 32.1 Å². The number of nitrogens with two attached hydrogens (primary N) is 1. The van der Waals surface area contributed by atoms with Gasteiger partial charge >= 0.3 is 0 Å². The second-order valence-corrected chi connectivity index (χ2v) is 4.89. The molecular weight excluding hydrogens is 220 g/mol. The SMILES string of the molecule is Nc1ccc(Cl)cc1N1CCCCCCC1. The molecule has 0 unspecified atom stereocenters. The molecule has 2 nitrogen and oxygen atoms in total. The topological polar surface area (TPSA) is 29.3 Å². The lowest BCUT2D eigenvalue weighted by Crippen LogP contribution is -2.27. The largest absolute Gasteiger partial charge is 0.397 e. The Morgan fingerprint density at radius 2 is 1.62 bits per heavy atom. The summed E-state index contributed by atoms with van der Waals surface area (Å²) in [5.41, 5.74) is 7.95. The predicted octanol–water partition coefficient (Wildman–Crippen LogP) is 3.69. The summed E-state index contributed by atoms with van der Waals surface area (Å²) in [4.78, 5) is 2.38. The van der Waals surface area contributed by atoms with Crippen molar-refractivity contribution in [2.24, 2.45) is 0 Å². The summed E-state index contributed by atoms with van der Waals surface area (Å²) in [6.07, 6.45) is 6.55. The summed E-state index contributed by atoms with van der Waals surface area (Å²) in [6.45, 7) is 2.20. The second-order valence-electron chi connectivity index (χ2n) is 4.46. The van der Waals surface area contributed by atoms with Crippen molar-refractivity contribution in [1.29, 1.82) is 0 Å². The minimum absolute atomic E-state index is 0.770. The normalized spacial score (nSPS) is 17.9. The summed E-state index contributed by atoms with van der Waals surface area (Å²) in [5.74, 6) is 0. The van der Waals surface area contributed by atoms with Crippen molar-refractivity contribution in [3.8, 4) is 0 Å². The van der Waals surface area contributed by atoms with Gasteiger partial charge in [-0.1, -0.05) is 30.9 Å². The maximum Gasteiger partial charge on any atom is 0.0614 e. The van der Waals surface area contributed by atoms with Crippen molar-refractivity contribution in [1.82, 2.24) is 0 Å². The quantitative estimate of drug-likeness (QED) is 0.756. The van der Waals surface area contributed by atoms with E-state index in [1.165, 1.54) is 32.1 Å². The van der Waals surface area contributed by atoms with Crippen LogP contribution in [0.15, 0.2) is 18.2 Å². The van der Waals surface area contributed by atoms with Gasteiger partial charge in [-0.15, -0.1) is 0 Å². The first-order valence-electron chi connectivity index (χ1n) is 6.07. The lowest BCUT2D eigenvalue weighted by atomic mass is 10.1. The monoisotopic (exact) mass is 238 g/mol. The number of nitrogen functional groups attached to an aromatic ring is 1. The highest BCUT2D eigenvalue weighted by Gasteiger charge is 2.11. The molecule has 0 aliphatic carbocycles. The number of anilines is 2. The van der Waals surface area contributed by atoms with Crippen LogP contribution < -0.4 is 10.6 Å². The van der Waals surface area contributed by atoms with Gasteiger partial charge in [-0.2, -0.15) is 0 Å². The predicted molar refractivity (Wildman–Crippen MR) is 71.2 cm³/mol. The molecule has 0 aromatic heterocycles. The van der Waals surface area contributed by atoms with Gasteiger partial charge in [0.15, 0.2) is 0 Å². The molecule has 1 aliphatic heterocycles. The second kappa shape index (κ2) is 5.44. The van der Waals surface area contributed by atoms with Gasteiger partial charge in [-0.05, 0) is 31.0 Å². The first-order chi connectivity index (χ1) is 7.77. The Kier molecular flexibility index (Phi) is 3.94. The van der Waals surface area contributed by atoms with Crippen LogP contribution in [0.4, 0.5) is 11.4 Å². The number of hydrogen-bond donors (Lipinski definition) is 1. The highest BCUT2D eigenvalue weighted by atomic mass is 35.5. The van der Waals surface area contributed by atoms with Crippen molar-refractivity contribution in [3.63, 3.8) is 0 Å². The molecule has 1 fully saturated rings. The molecule has 0 bridgehead atoms. The highest BCUT2D eigenvalue weighted by molar-refractivity contribution is 6.31. The highest BCUT2D eigenvalue weighted by Crippen LogP contribution is 2.28. The van der Waals surface area contributed by atoms with E-state index in [0.717, 1.165) is 29.5 Å². The molecule has 1 aliphatic rings. The number of rotatable bonds is 1. The average Bonchev–Trinajstić information content (AvgIpc) is 2.22. The van der Waals surface area contributed by atoms with Crippen LogP contribution in [-0.2, 0) is 0 Å². The summed E-state index contributed by atoms with van der Waals surface area (Å²) in [5, 5.41) is 0.770. The van der Waals surface area contributed by atoms with E-state index in [0.29, 0.717) is 0 Å². The van der Waals surface area contributed by atoms with Crippen LogP contribution in [0.3, 0.4) is 0 Å². The van der Waals surface area contributed by atoms with Crippen LogP contribution in [0.2, 0.25) is 5.02 Å². The number of benzene rings is 1. The maximum absolute atomic E-state index is 6.03. The molecule has 1 saturated heterocycles. The van der Waals surface area contributed by atoms with Crippen LogP contribution in [0, 0.1) is 0 Å². The molecule has 1 aromatic rings. The van der Waals surface area contributed by atoms with Crippen LogP contribution in [0.5, 0.6) is 0 Å². The van der Waals surface area contributed by atoms with E-state index in [-0.39, 0.29) is 0 Å². The van der Waals surface area contributed by atoms with Crippen LogP contribution >= 0.6 is 11.6 Å². The molecule has 0 radical (unpaired) electrons. The molecule has 88 valence electrons. The minimum Gasteiger partial charge on any atom is -0.397 e. The lowest BCUT2D eigenvalue weighted by Gasteiger charge is -2.28. The van der Waals surface area contributed by atoms with Gasteiger partial charge in [0.2, 0.25) is 0 Å². The Bertz CT molecular complexity index is 344. The summed E-state index contributed by atoms with van der Waals surface area (Å²) in [7, 11) is 0. The van der Waals surface area contributed by atoms with E-state index < -0.39 is 0 Å². The van der Waals surface area contributed by atoms with Gasteiger partial charge in [0.25, 0.3) is 0 Å². The molecule has 3 heteroatoms. The van der Waals surface area contributed by atoms with E-state index in [4.69, 9.17) is 17.3 Å². The van der Waals surface area contributed by atoms with E-state index in [2.05, 4.69) is 4.90 Å². The van der Waals surface area contributed by atoms with Crippen LogP contribution in [-0.4, -0.2) is 13.1 Å². The van der Waals surface area contributed by atoms with Crippen molar-refractivity contribution in [3.05, 3.63) is 23.2 Å². The molecular formula is C13H19ClN2. The van der Waals surface area contributed by atoms with Gasteiger partial charge in [-0.3, -0.25) is 0 Å². The van der Waals surface area contributed by atoms with E-state index in [1.807, 2.05) is 18.2 Å². The number of nitrogens with zero attached hydrogens (tertiary/aromatic N) is 1. The maximum atomic E-state index is 6.03. The molecule has 0 amide bonds.